The summed E-state index contributed by atoms with van der Waals surface area (Å²) in [6, 6.07) is 6.05. The molecule has 0 radical (unpaired) electrons. The average Bonchev–Trinajstić information content (AvgIpc) is 2.79. The number of anilines is 2. The molecule has 2 aliphatic rings. The van der Waals surface area contributed by atoms with Crippen LogP contribution < -0.4 is 9.80 Å². The Labute approximate surface area is 188 Å². The summed E-state index contributed by atoms with van der Waals surface area (Å²) < 4.78 is 27.5. The van der Waals surface area contributed by atoms with Crippen molar-refractivity contribution in [2.75, 3.05) is 49.1 Å². The van der Waals surface area contributed by atoms with Gasteiger partial charge < -0.3 is 9.80 Å². The number of piperidine rings is 1. The van der Waals surface area contributed by atoms with Crippen molar-refractivity contribution in [2.45, 2.75) is 38.0 Å². The summed E-state index contributed by atoms with van der Waals surface area (Å²) >= 11 is 0. The number of hydrogen-bond acceptors (Lipinski definition) is 8. The molecule has 0 saturated carbocycles. The second-order valence-corrected chi connectivity index (χ2v) is 10.2. The zero-order valence-corrected chi connectivity index (χ0v) is 19.2. The molecule has 2 aromatic rings. The fourth-order valence-electron chi connectivity index (χ4n) is 4.19. The van der Waals surface area contributed by atoms with E-state index in [1.807, 2.05) is 17.9 Å². The summed E-state index contributed by atoms with van der Waals surface area (Å²) in [6.45, 7) is 6.96. The first-order valence-electron chi connectivity index (χ1n) is 10.9. The molecule has 11 heteroatoms. The molecule has 3 heterocycles. The summed E-state index contributed by atoms with van der Waals surface area (Å²) in [7, 11) is -3.82. The lowest BCUT2D eigenvalue weighted by Gasteiger charge is -2.35. The number of sulfonamides is 1. The number of nitrogens with zero attached hydrogens (tertiary/aromatic N) is 6. The predicted octanol–water partition coefficient (Wildman–Crippen LogP) is 2.50. The van der Waals surface area contributed by atoms with Crippen LogP contribution in [-0.4, -0.2) is 66.9 Å². The third kappa shape index (κ3) is 4.53. The Hall–Kier alpha value is -2.79. The van der Waals surface area contributed by atoms with Gasteiger partial charge in [0.25, 0.3) is 5.69 Å². The first-order valence-corrected chi connectivity index (χ1v) is 12.3. The Kier molecular flexibility index (Phi) is 6.29. The summed E-state index contributed by atoms with van der Waals surface area (Å²) in [5.74, 6) is 1.54. The number of aromatic nitrogens is 2. The van der Waals surface area contributed by atoms with Crippen LogP contribution in [0.3, 0.4) is 0 Å². The molecule has 0 bridgehead atoms. The first kappa shape index (κ1) is 22.4. The van der Waals surface area contributed by atoms with Crippen LogP contribution in [-0.2, 0) is 10.0 Å². The molecule has 0 atom stereocenters. The number of rotatable bonds is 5. The Morgan fingerprint density at radius 2 is 1.59 bits per heavy atom. The topological polar surface area (TPSA) is 113 Å². The Balaban J connectivity index is 1.49. The van der Waals surface area contributed by atoms with E-state index in [1.165, 1.54) is 22.9 Å². The smallest absolute Gasteiger partial charge is 0.273 e. The first-order chi connectivity index (χ1) is 15.3. The highest BCUT2D eigenvalue weighted by Crippen LogP contribution is 2.26. The molecule has 1 aromatic heterocycles. The highest BCUT2D eigenvalue weighted by Gasteiger charge is 2.31. The van der Waals surface area contributed by atoms with Crippen LogP contribution in [0.2, 0.25) is 0 Å². The number of nitro groups is 1. The minimum absolute atomic E-state index is 0.0533. The lowest BCUT2D eigenvalue weighted by atomic mass is 10.1. The van der Waals surface area contributed by atoms with Gasteiger partial charge in [-0.15, -0.1) is 0 Å². The molecule has 0 amide bonds. The van der Waals surface area contributed by atoms with Gasteiger partial charge in [0.15, 0.2) is 0 Å². The second-order valence-electron chi connectivity index (χ2n) is 8.31. The summed E-state index contributed by atoms with van der Waals surface area (Å²) in [5.41, 5.74) is 1.13. The maximum absolute atomic E-state index is 13.1. The number of hydrogen-bond donors (Lipinski definition) is 0. The molecule has 172 valence electrons. The van der Waals surface area contributed by atoms with Crippen LogP contribution in [0.1, 0.15) is 30.5 Å². The van der Waals surface area contributed by atoms with Crippen molar-refractivity contribution in [1.29, 1.82) is 0 Å². The minimum Gasteiger partial charge on any atom is -0.356 e. The van der Waals surface area contributed by atoms with Crippen LogP contribution in [0.25, 0.3) is 0 Å². The van der Waals surface area contributed by atoms with E-state index >= 15 is 0 Å². The van der Waals surface area contributed by atoms with E-state index in [0.29, 0.717) is 24.6 Å². The number of aryl methyl sites for hydroxylation is 2. The van der Waals surface area contributed by atoms with E-state index in [4.69, 9.17) is 4.98 Å². The fourth-order valence-corrected chi connectivity index (χ4v) is 5.63. The standard InChI is InChI=1S/C21H28N6O4S/c1-16-6-7-18(15-19(16)27(28)29)32(30,31)26-12-10-25(11-13-26)21-22-17(2)14-20(23-21)24-8-4-3-5-9-24/h6-7,14-15H,3-5,8-13H2,1-2H3. The van der Waals surface area contributed by atoms with Crippen molar-refractivity contribution in [3.63, 3.8) is 0 Å². The highest BCUT2D eigenvalue weighted by molar-refractivity contribution is 7.89. The summed E-state index contributed by atoms with van der Waals surface area (Å²) in [4.78, 5) is 24.2. The van der Waals surface area contributed by atoms with Gasteiger partial charge in [0.05, 0.1) is 9.82 Å². The zero-order valence-electron chi connectivity index (χ0n) is 18.4. The van der Waals surface area contributed by atoms with Crippen molar-refractivity contribution in [3.8, 4) is 0 Å². The van der Waals surface area contributed by atoms with Gasteiger partial charge in [0.2, 0.25) is 16.0 Å². The molecule has 4 rings (SSSR count). The van der Waals surface area contributed by atoms with Crippen LogP contribution in [0.5, 0.6) is 0 Å². The van der Waals surface area contributed by atoms with E-state index in [2.05, 4.69) is 9.88 Å². The molecule has 0 aliphatic carbocycles. The van der Waals surface area contributed by atoms with E-state index in [0.717, 1.165) is 43.5 Å². The maximum atomic E-state index is 13.1. The lowest BCUT2D eigenvalue weighted by Crippen LogP contribution is -2.49. The molecule has 0 N–H and O–H groups in total. The van der Waals surface area contributed by atoms with Crippen molar-refractivity contribution in [2.24, 2.45) is 0 Å². The number of benzene rings is 1. The van der Waals surface area contributed by atoms with Crippen molar-refractivity contribution < 1.29 is 13.3 Å². The molecule has 1 aromatic carbocycles. The third-order valence-corrected chi connectivity index (χ3v) is 7.94. The van der Waals surface area contributed by atoms with Crippen molar-refractivity contribution in [1.82, 2.24) is 14.3 Å². The number of nitro benzene ring substituents is 1. The van der Waals surface area contributed by atoms with Gasteiger partial charge in [-0.1, -0.05) is 6.07 Å². The summed E-state index contributed by atoms with van der Waals surface area (Å²) in [5, 5.41) is 11.2. The van der Waals surface area contributed by atoms with Crippen molar-refractivity contribution in [3.05, 3.63) is 45.6 Å². The molecule has 2 saturated heterocycles. The van der Waals surface area contributed by atoms with Crippen LogP contribution in [0.15, 0.2) is 29.2 Å². The lowest BCUT2D eigenvalue weighted by molar-refractivity contribution is -0.385. The van der Waals surface area contributed by atoms with Gasteiger partial charge >= 0.3 is 0 Å². The number of piperazine rings is 1. The van der Waals surface area contributed by atoms with Gasteiger partial charge in [-0.05, 0) is 39.2 Å². The Morgan fingerprint density at radius 3 is 2.25 bits per heavy atom. The van der Waals surface area contributed by atoms with Crippen LogP contribution >= 0.6 is 0 Å². The van der Waals surface area contributed by atoms with Gasteiger partial charge in [0, 0.05) is 62.7 Å². The average molecular weight is 461 g/mol. The monoisotopic (exact) mass is 460 g/mol. The molecule has 0 spiro atoms. The molecular formula is C21H28N6O4S. The maximum Gasteiger partial charge on any atom is 0.273 e. The molecule has 0 unspecified atom stereocenters. The van der Waals surface area contributed by atoms with Gasteiger partial charge in [0.1, 0.15) is 5.82 Å². The van der Waals surface area contributed by atoms with Gasteiger partial charge in [-0.25, -0.2) is 13.4 Å². The Bertz CT molecular complexity index is 1110. The van der Waals surface area contributed by atoms with E-state index in [1.54, 1.807) is 6.92 Å². The Morgan fingerprint density at radius 1 is 0.906 bits per heavy atom. The van der Waals surface area contributed by atoms with Crippen molar-refractivity contribution >= 4 is 27.5 Å². The molecule has 32 heavy (non-hydrogen) atoms. The van der Waals surface area contributed by atoms with Gasteiger partial charge in [-0.2, -0.15) is 9.29 Å². The molecular weight excluding hydrogens is 432 g/mol. The van der Waals surface area contributed by atoms with E-state index < -0.39 is 14.9 Å². The summed E-state index contributed by atoms with van der Waals surface area (Å²) in [6.07, 6.45) is 3.56. The molecule has 10 nitrogen and oxygen atoms in total. The van der Waals surface area contributed by atoms with Crippen LogP contribution in [0, 0.1) is 24.0 Å². The fraction of sp³-hybridized carbons (Fsp3) is 0.524. The zero-order chi connectivity index (χ0) is 22.9. The van der Waals surface area contributed by atoms with Gasteiger partial charge in [-0.3, -0.25) is 10.1 Å². The van der Waals surface area contributed by atoms with E-state index in [9.17, 15) is 18.5 Å². The normalized spacial score (nSPS) is 18.1. The largest absolute Gasteiger partial charge is 0.356 e. The van der Waals surface area contributed by atoms with Crippen LogP contribution in [0.4, 0.5) is 17.5 Å². The predicted molar refractivity (Wildman–Crippen MR) is 122 cm³/mol. The second kappa shape index (κ2) is 8.99. The quantitative estimate of drug-likeness (QED) is 0.494. The molecule has 2 aliphatic heterocycles. The highest BCUT2D eigenvalue weighted by atomic mass is 32.2. The van der Waals surface area contributed by atoms with E-state index in [-0.39, 0.29) is 23.7 Å². The third-order valence-electron chi connectivity index (χ3n) is 6.05. The molecule has 2 fully saturated rings. The minimum atomic E-state index is -3.82. The SMILES string of the molecule is Cc1cc(N2CCCCC2)nc(N2CCN(S(=O)(=O)c3ccc(C)c([N+](=O)[O-])c3)CC2)n1.